The zero-order valence-electron chi connectivity index (χ0n) is 8.68. The second-order valence-corrected chi connectivity index (χ2v) is 5.07. The first kappa shape index (κ1) is 10.4. The van der Waals surface area contributed by atoms with E-state index in [-0.39, 0.29) is 0 Å². The SMILES string of the molecule is CC.CC1CSC2CCCCC12. The topological polar surface area (TPSA) is 0 Å². The third-order valence-corrected chi connectivity index (χ3v) is 4.79. The van der Waals surface area contributed by atoms with Gasteiger partial charge in [-0.25, -0.2) is 0 Å². The summed E-state index contributed by atoms with van der Waals surface area (Å²) in [5, 5.41) is 1.06. The van der Waals surface area contributed by atoms with E-state index in [0.717, 1.165) is 17.1 Å². The highest BCUT2D eigenvalue weighted by atomic mass is 32.2. The summed E-state index contributed by atoms with van der Waals surface area (Å²) >= 11 is 2.23. The van der Waals surface area contributed by atoms with E-state index >= 15 is 0 Å². The molecule has 1 heteroatoms. The molecule has 0 bridgehead atoms. The molecule has 0 spiro atoms. The smallest absolute Gasteiger partial charge is 0.00782 e. The van der Waals surface area contributed by atoms with Crippen molar-refractivity contribution in [3.8, 4) is 0 Å². The van der Waals surface area contributed by atoms with Crippen molar-refractivity contribution in [3.05, 3.63) is 0 Å². The van der Waals surface area contributed by atoms with E-state index in [1.165, 1.54) is 31.4 Å². The molecule has 72 valence electrons. The van der Waals surface area contributed by atoms with Crippen molar-refractivity contribution in [2.45, 2.75) is 51.7 Å². The lowest BCUT2D eigenvalue weighted by molar-refractivity contribution is 0.311. The van der Waals surface area contributed by atoms with Crippen LogP contribution in [0, 0.1) is 11.8 Å². The molecule has 0 nitrogen and oxygen atoms in total. The fraction of sp³-hybridized carbons (Fsp3) is 1.00. The molecule has 1 saturated carbocycles. The van der Waals surface area contributed by atoms with Gasteiger partial charge in [0, 0.05) is 5.25 Å². The van der Waals surface area contributed by atoms with Gasteiger partial charge in [-0.2, -0.15) is 11.8 Å². The number of fused-ring (bicyclic) bond motifs is 1. The zero-order chi connectivity index (χ0) is 8.97. The molecule has 0 amide bonds. The molecule has 0 N–H and O–H groups in total. The molecule has 3 unspecified atom stereocenters. The maximum absolute atomic E-state index is 2.43. The van der Waals surface area contributed by atoms with Gasteiger partial charge in [-0.1, -0.05) is 33.6 Å². The van der Waals surface area contributed by atoms with Crippen LogP contribution in [0.25, 0.3) is 0 Å². The molecular formula is C11H22S. The van der Waals surface area contributed by atoms with Crippen LogP contribution in [0.3, 0.4) is 0 Å². The minimum absolute atomic E-state index is 1.02. The average molecular weight is 186 g/mol. The van der Waals surface area contributed by atoms with Crippen LogP contribution in [-0.4, -0.2) is 11.0 Å². The minimum atomic E-state index is 1.02. The summed E-state index contributed by atoms with van der Waals surface area (Å²) in [6.45, 7) is 6.43. The van der Waals surface area contributed by atoms with Crippen LogP contribution in [0.4, 0.5) is 0 Å². The summed E-state index contributed by atoms with van der Waals surface area (Å²) in [6.07, 6.45) is 6.05. The molecule has 3 atom stereocenters. The summed E-state index contributed by atoms with van der Waals surface area (Å²) < 4.78 is 0. The highest BCUT2D eigenvalue weighted by molar-refractivity contribution is 8.00. The van der Waals surface area contributed by atoms with Crippen molar-refractivity contribution >= 4 is 11.8 Å². The highest BCUT2D eigenvalue weighted by Crippen LogP contribution is 2.44. The summed E-state index contributed by atoms with van der Waals surface area (Å²) in [5.41, 5.74) is 0. The molecule has 1 aliphatic heterocycles. The largest absolute Gasteiger partial charge is 0.158 e. The van der Waals surface area contributed by atoms with Crippen molar-refractivity contribution in [3.63, 3.8) is 0 Å². The van der Waals surface area contributed by atoms with Crippen molar-refractivity contribution < 1.29 is 0 Å². The van der Waals surface area contributed by atoms with Gasteiger partial charge in [0.2, 0.25) is 0 Å². The van der Waals surface area contributed by atoms with Gasteiger partial charge in [-0.3, -0.25) is 0 Å². The Morgan fingerprint density at radius 2 is 1.75 bits per heavy atom. The summed E-state index contributed by atoms with van der Waals surface area (Å²) in [5.74, 6) is 3.56. The maximum Gasteiger partial charge on any atom is 0.00782 e. The fourth-order valence-corrected chi connectivity index (χ4v) is 4.17. The van der Waals surface area contributed by atoms with Crippen LogP contribution in [0.1, 0.15) is 46.5 Å². The molecule has 12 heavy (non-hydrogen) atoms. The maximum atomic E-state index is 2.43. The number of rotatable bonds is 0. The van der Waals surface area contributed by atoms with E-state index in [1.807, 2.05) is 13.8 Å². The Balaban J connectivity index is 0.000000336. The quantitative estimate of drug-likeness (QED) is 0.552. The molecule has 2 fully saturated rings. The molecule has 1 aliphatic carbocycles. The molecule has 2 aliphatic rings. The van der Waals surface area contributed by atoms with Crippen LogP contribution in [0.5, 0.6) is 0 Å². The van der Waals surface area contributed by atoms with E-state index in [0.29, 0.717) is 0 Å². The van der Waals surface area contributed by atoms with E-state index in [9.17, 15) is 0 Å². The van der Waals surface area contributed by atoms with Crippen LogP contribution >= 0.6 is 11.8 Å². The first-order valence-electron chi connectivity index (χ1n) is 5.49. The van der Waals surface area contributed by atoms with Crippen LogP contribution in [0.15, 0.2) is 0 Å². The molecule has 2 rings (SSSR count). The number of hydrogen-bond donors (Lipinski definition) is 0. The molecule has 1 heterocycles. The highest BCUT2D eigenvalue weighted by Gasteiger charge is 2.35. The molecular weight excluding hydrogens is 164 g/mol. The Morgan fingerprint density at radius 1 is 1.08 bits per heavy atom. The Labute approximate surface area is 81.5 Å². The van der Waals surface area contributed by atoms with Crippen LogP contribution in [0.2, 0.25) is 0 Å². The molecule has 0 aromatic heterocycles. The predicted molar refractivity (Wildman–Crippen MR) is 58.7 cm³/mol. The normalized spacial score (nSPS) is 39.8. The Hall–Kier alpha value is 0.350. The van der Waals surface area contributed by atoms with E-state index in [1.54, 1.807) is 0 Å². The lowest BCUT2D eigenvalue weighted by atomic mass is 9.82. The van der Waals surface area contributed by atoms with E-state index in [2.05, 4.69) is 18.7 Å². The zero-order valence-corrected chi connectivity index (χ0v) is 9.49. The van der Waals surface area contributed by atoms with Gasteiger partial charge in [0.25, 0.3) is 0 Å². The summed E-state index contributed by atoms with van der Waals surface area (Å²) in [7, 11) is 0. The minimum Gasteiger partial charge on any atom is -0.158 e. The van der Waals surface area contributed by atoms with Gasteiger partial charge in [0.05, 0.1) is 0 Å². The predicted octanol–water partition coefficient (Wildman–Crippen LogP) is 3.95. The number of thioether (sulfide) groups is 1. The Morgan fingerprint density at radius 3 is 2.42 bits per heavy atom. The second-order valence-electron chi connectivity index (χ2n) is 3.80. The molecule has 0 radical (unpaired) electrons. The van der Waals surface area contributed by atoms with Crippen molar-refractivity contribution in [1.29, 1.82) is 0 Å². The van der Waals surface area contributed by atoms with Gasteiger partial charge in [0.1, 0.15) is 0 Å². The standard InChI is InChI=1S/C9H16S.C2H6/c1-7-6-10-9-5-3-2-4-8(7)9;1-2/h7-9H,2-6H2,1H3;1-2H3. The first-order chi connectivity index (χ1) is 5.88. The Bertz CT molecular complexity index is 120. The van der Waals surface area contributed by atoms with E-state index in [4.69, 9.17) is 0 Å². The summed E-state index contributed by atoms with van der Waals surface area (Å²) in [4.78, 5) is 0. The third kappa shape index (κ3) is 2.18. The van der Waals surface area contributed by atoms with Gasteiger partial charge in [0.15, 0.2) is 0 Å². The fourth-order valence-electron chi connectivity index (χ4n) is 2.38. The van der Waals surface area contributed by atoms with Crippen molar-refractivity contribution in [1.82, 2.24) is 0 Å². The number of hydrogen-bond acceptors (Lipinski definition) is 1. The van der Waals surface area contributed by atoms with Gasteiger partial charge in [-0.15, -0.1) is 0 Å². The first-order valence-corrected chi connectivity index (χ1v) is 6.54. The molecule has 0 aromatic carbocycles. The van der Waals surface area contributed by atoms with Crippen LogP contribution < -0.4 is 0 Å². The molecule has 0 aromatic rings. The molecule has 1 saturated heterocycles. The van der Waals surface area contributed by atoms with Gasteiger partial charge < -0.3 is 0 Å². The van der Waals surface area contributed by atoms with E-state index < -0.39 is 0 Å². The van der Waals surface area contributed by atoms with Crippen LogP contribution in [-0.2, 0) is 0 Å². The van der Waals surface area contributed by atoms with Crippen molar-refractivity contribution in [2.75, 3.05) is 5.75 Å². The lowest BCUT2D eigenvalue weighted by Gasteiger charge is -2.26. The van der Waals surface area contributed by atoms with Gasteiger partial charge >= 0.3 is 0 Å². The van der Waals surface area contributed by atoms with Gasteiger partial charge in [-0.05, 0) is 30.4 Å². The monoisotopic (exact) mass is 186 g/mol. The lowest BCUT2D eigenvalue weighted by Crippen LogP contribution is -2.20. The summed E-state index contributed by atoms with van der Waals surface area (Å²) in [6, 6.07) is 0. The van der Waals surface area contributed by atoms with Crippen molar-refractivity contribution in [2.24, 2.45) is 11.8 Å². The Kier molecular flexibility index (Phi) is 4.49. The third-order valence-electron chi connectivity index (χ3n) is 3.06. The second kappa shape index (κ2) is 5.16. The average Bonchev–Trinajstić information content (AvgIpc) is 2.53.